The molecule has 2 fully saturated rings. The molecule has 2 saturated carbocycles. The highest BCUT2D eigenvalue weighted by atomic mass is 32.2. The van der Waals surface area contributed by atoms with Crippen molar-refractivity contribution < 1.29 is 17.9 Å². The van der Waals surface area contributed by atoms with Gasteiger partial charge >= 0.3 is 0 Å². The first-order valence-electron chi connectivity index (χ1n) is 11.8. The van der Waals surface area contributed by atoms with E-state index >= 15 is 0 Å². The SMILES string of the molecule is COc1ccc(C2(C#Cc3cccc(NS(C)(=O)=O)c3)CCCCC2)cc1OC1CCCC1. The largest absolute Gasteiger partial charge is 0.493 e. The Bertz CT molecular complexity index is 1130. The van der Waals surface area contributed by atoms with Gasteiger partial charge in [-0.1, -0.05) is 43.2 Å². The number of anilines is 1. The fraction of sp³-hybridized carbons (Fsp3) is 0.481. The number of nitrogens with one attached hydrogen (secondary N) is 1. The van der Waals surface area contributed by atoms with Crippen LogP contribution in [0.2, 0.25) is 0 Å². The predicted molar refractivity (Wildman–Crippen MR) is 132 cm³/mol. The second-order valence-electron chi connectivity index (χ2n) is 9.24. The maximum atomic E-state index is 11.6. The summed E-state index contributed by atoms with van der Waals surface area (Å²) in [5.41, 5.74) is 2.25. The van der Waals surface area contributed by atoms with Gasteiger partial charge in [0.1, 0.15) is 0 Å². The molecule has 0 aliphatic heterocycles. The fourth-order valence-corrected chi connectivity index (χ4v) is 5.51. The topological polar surface area (TPSA) is 64.6 Å². The molecule has 0 heterocycles. The van der Waals surface area contributed by atoms with Crippen LogP contribution in [0.1, 0.15) is 68.9 Å². The Labute approximate surface area is 197 Å². The number of methoxy groups -OCH3 is 1. The first-order chi connectivity index (χ1) is 15.9. The van der Waals surface area contributed by atoms with E-state index < -0.39 is 10.0 Å². The van der Waals surface area contributed by atoms with Crippen LogP contribution in [0.25, 0.3) is 0 Å². The van der Waals surface area contributed by atoms with Crippen molar-refractivity contribution in [2.24, 2.45) is 0 Å². The number of sulfonamides is 1. The molecule has 5 nitrogen and oxygen atoms in total. The number of ether oxygens (including phenoxy) is 2. The molecule has 0 radical (unpaired) electrons. The summed E-state index contributed by atoms with van der Waals surface area (Å²) < 4.78 is 37.7. The van der Waals surface area contributed by atoms with Crippen LogP contribution in [0, 0.1) is 11.8 Å². The van der Waals surface area contributed by atoms with E-state index in [-0.39, 0.29) is 11.5 Å². The molecule has 0 saturated heterocycles. The third-order valence-corrected chi connectivity index (χ3v) is 7.24. The number of benzene rings is 2. The summed E-state index contributed by atoms with van der Waals surface area (Å²) in [5, 5.41) is 0. The van der Waals surface area contributed by atoms with Crippen LogP contribution < -0.4 is 14.2 Å². The van der Waals surface area contributed by atoms with Gasteiger partial charge in [0.15, 0.2) is 11.5 Å². The van der Waals surface area contributed by atoms with E-state index in [2.05, 4.69) is 28.7 Å². The van der Waals surface area contributed by atoms with E-state index in [4.69, 9.17) is 9.47 Å². The van der Waals surface area contributed by atoms with Gasteiger partial charge in [-0.25, -0.2) is 8.42 Å². The average molecular weight is 468 g/mol. The lowest BCUT2D eigenvalue weighted by atomic mass is 9.70. The molecule has 0 aromatic heterocycles. The van der Waals surface area contributed by atoms with E-state index in [0.29, 0.717) is 5.69 Å². The van der Waals surface area contributed by atoms with Crippen molar-refractivity contribution in [3.63, 3.8) is 0 Å². The molecular formula is C27H33NO4S. The Morgan fingerprint density at radius 3 is 2.42 bits per heavy atom. The maximum absolute atomic E-state index is 11.6. The van der Waals surface area contributed by atoms with Crippen LogP contribution in [0.4, 0.5) is 5.69 Å². The van der Waals surface area contributed by atoms with Crippen LogP contribution in [0.3, 0.4) is 0 Å². The second kappa shape index (κ2) is 10.1. The van der Waals surface area contributed by atoms with Crippen molar-refractivity contribution >= 4 is 15.7 Å². The van der Waals surface area contributed by atoms with Gasteiger partial charge in [-0.3, -0.25) is 4.72 Å². The Balaban J connectivity index is 1.67. The van der Waals surface area contributed by atoms with Gasteiger partial charge in [0.25, 0.3) is 0 Å². The molecule has 0 bridgehead atoms. The molecule has 0 amide bonds. The Kier molecular flexibility index (Phi) is 7.19. The first-order valence-corrected chi connectivity index (χ1v) is 13.7. The molecule has 2 aliphatic rings. The zero-order chi connectivity index (χ0) is 23.3. The summed E-state index contributed by atoms with van der Waals surface area (Å²) in [6.45, 7) is 0. The quantitative estimate of drug-likeness (QED) is 0.558. The van der Waals surface area contributed by atoms with E-state index in [1.54, 1.807) is 19.2 Å². The van der Waals surface area contributed by atoms with E-state index in [0.717, 1.165) is 61.8 Å². The predicted octanol–water partition coefficient (Wildman–Crippen LogP) is 5.64. The smallest absolute Gasteiger partial charge is 0.229 e. The van der Waals surface area contributed by atoms with E-state index in [9.17, 15) is 8.42 Å². The molecule has 2 aliphatic carbocycles. The third-order valence-electron chi connectivity index (χ3n) is 6.63. The van der Waals surface area contributed by atoms with E-state index in [1.165, 1.54) is 24.8 Å². The molecule has 33 heavy (non-hydrogen) atoms. The van der Waals surface area contributed by atoms with Crippen LogP contribution in [-0.4, -0.2) is 27.9 Å². The van der Waals surface area contributed by atoms with Gasteiger partial charge in [-0.15, -0.1) is 0 Å². The summed E-state index contributed by atoms with van der Waals surface area (Å²) in [4.78, 5) is 0. The zero-order valence-corrected chi connectivity index (χ0v) is 20.3. The molecule has 1 N–H and O–H groups in total. The Hall–Kier alpha value is -2.65. The lowest BCUT2D eigenvalue weighted by Gasteiger charge is -2.33. The van der Waals surface area contributed by atoms with Crippen molar-refractivity contribution in [2.75, 3.05) is 18.1 Å². The van der Waals surface area contributed by atoms with Crippen molar-refractivity contribution in [1.82, 2.24) is 0 Å². The summed E-state index contributed by atoms with van der Waals surface area (Å²) in [7, 11) is -1.65. The van der Waals surface area contributed by atoms with E-state index in [1.807, 2.05) is 18.2 Å². The molecule has 6 heteroatoms. The van der Waals surface area contributed by atoms with Gasteiger partial charge in [0.2, 0.25) is 10.0 Å². The number of hydrogen-bond donors (Lipinski definition) is 1. The normalized spacial score (nSPS) is 18.2. The van der Waals surface area contributed by atoms with Crippen molar-refractivity contribution in [2.45, 2.75) is 69.3 Å². The Morgan fingerprint density at radius 2 is 1.73 bits per heavy atom. The molecule has 0 unspecified atom stereocenters. The number of hydrogen-bond acceptors (Lipinski definition) is 4. The molecule has 4 rings (SSSR count). The minimum absolute atomic E-state index is 0.251. The minimum atomic E-state index is -3.33. The molecular weight excluding hydrogens is 434 g/mol. The van der Waals surface area contributed by atoms with Crippen LogP contribution >= 0.6 is 0 Å². The summed E-state index contributed by atoms with van der Waals surface area (Å²) >= 11 is 0. The van der Waals surface area contributed by atoms with Gasteiger partial charge in [-0.2, -0.15) is 0 Å². The van der Waals surface area contributed by atoms with Gasteiger partial charge in [-0.05, 0) is 74.4 Å². The minimum Gasteiger partial charge on any atom is -0.493 e. The van der Waals surface area contributed by atoms with Crippen LogP contribution in [-0.2, 0) is 15.4 Å². The number of rotatable bonds is 6. The third kappa shape index (κ3) is 6.03. The molecule has 176 valence electrons. The molecule has 2 aromatic rings. The van der Waals surface area contributed by atoms with Crippen molar-refractivity contribution in [1.29, 1.82) is 0 Å². The molecule has 0 atom stereocenters. The summed E-state index contributed by atoms with van der Waals surface area (Å²) in [5.74, 6) is 8.52. The highest BCUT2D eigenvalue weighted by molar-refractivity contribution is 7.92. The maximum Gasteiger partial charge on any atom is 0.229 e. The molecule has 0 spiro atoms. The first kappa shape index (κ1) is 23.5. The summed E-state index contributed by atoms with van der Waals surface area (Å²) in [6, 6.07) is 13.5. The fourth-order valence-electron chi connectivity index (χ4n) is 4.96. The van der Waals surface area contributed by atoms with Crippen LogP contribution in [0.15, 0.2) is 42.5 Å². The van der Waals surface area contributed by atoms with Crippen molar-refractivity contribution in [3.8, 4) is 23.3 Å². The van der Waals surface area contributed by atoms with Crippen LogP contribution in [0.5, 0.6) is 11.5 Å². The summed E-state index contributed by atoms with van der Waals surface area (Å²) in [6.07, 6.45) is 11.5. The lowest BCUT2D eigenvalue weighted by molar-refractivity contribution is 0.200. The lowest BCUT2D eigenvalue weighted by Crippen LogP contribution is -2.27. The monoisotopic (exact) mass is 467 g/mol. The molecule has 2 aromatic carbocycles. The Morgan fingerprint density at radius 1 is 0.970 bits per heavy atom. The standard InChI is InChI=1S/C27H33NO4S/c1-31-25-14-13-22(20-26(25)32-24-11-4-5-12-24)27(16-6-3-7-17-27)18-15-21-9-8-10-23(19-21)28-33(2,29)30/h8-10,13-14,19-20,24,28H,3-7,11-12,16-17H2,1-2H3. The highest BCUT2D eigenvalue weighted by Crippen LogP contribution is 2.43. The average Bonchev–Trinajstić information content (AvgIpc) is 3.30. The van der Waals surface area contributed by atoms with Crippen molar-refractivity contribution in [3.05, 3.63) is 53.6 Å². The van der Waals surface area contributed by atoms with Gasteiger partial charge < -0.3 is 9.47 Å². The van der Waals surface area contributed by atoms with Gasteiger partial charge in [0, 0.05) is 11.3 Å². The second-order valence-corrected chi connectivity index (χ2v) is 11.0. The van der Waals surface area contributed by atoms with Gasteiger partial charge in [0.05, 0.1) is 24.9 Å². The highest BCUT2D eigenvalue weighted by Gasteiger charge is 2.33. The zero-order valence-electron chi connectivity index (χ0n) is 19.5.